The Morgan fingerprint density at radius 2 is 2.09 bits per heavy atom. The molecule has 0 saturated heterocycles. The molecule has 1 N–H and O–H groups in total. The van der Waals surface area contributed by atoms with Crippen molar-refractivity contribution in [2.75, 3.05) is 12.4 Å². The molecule has 0 aliphatic heterocycles. The van der Waals surface area contributed by atoms with E-state index in [-0.39, 0.29) is 5.91 Å². The van der Waals surface area contributed by atoms with Crippen molar-refractivity contribution in [3.8, 4) is 17.1 Å². The molecule has 0 aliphatic rings. The Labute approximate surface area is 137 Å². The highest BCUT2D eigenvalue weighted by atomic mass is 32.1. The van der Waals surface area contributed by atoms with Crippen LogP contribution in [0.25, 0.3) is 16.3 Å². The van der Waals surface area contributed by atoms with E-state index in [1.807, 2.05) is 24.3 Å². The molecule has 0 radical (unpaired) electrons. The summed E-state index contributed by atoms with van der Waals surface area (Å²) in [7, 11) is 1.62. The van der Waals surface area contributed by atoms with Gasteiger partial charge in [-0.25, -0.2) is 0 Å². The Morgan fingerprint density at radius 3 is 2.78 bits per heavy atom. The molecule has 0 aliphatic carbocycles. The van der Waals surface area contributed by atoms with Crippen LogP contribution >= 0.6 is 11.3 Å². The van der Waals surface area contributed by atoms with Gasteiger partial charge in [-0.2, -0.15) is 4.52 Å². The predicted molar refractivity (Wildman–Crippen MR) is 88.8 cm³/mol. The standard InChI is InChI=1S/C15H17N5O2S/c1-3-4-5-12(21)16-14-19-20-13(17-18-15(20)23-14)10-6-8-11(22-2)9-7-10/h6-9H,3-5H2,1-2H3,(H,16,19,21). The number of fused-ring (bicyclic) bond motifs is 1. The van der Waals surface area contributed by atoms with Crippen LogP contribution in [0.5, 0.6) is 5.75 Å². The van der Waals surface area contributed by atoms with Crippen LogP contribution in [0.3, 0.4) is 0 Å². The van der Waals surface area contributed by atoms with Crippen LogP contribution in [0.1, 0.15) is 26.2 Å². The second kappa shape index (κ2) is 6.74. The fraction of sp³-hybridized carbons (Fsp3) is 0.333. The molecule has 0 spiro atoms. The van der Waals surface area contributed by atoms with Crippen molar-refractivity contribution >= 4 is 27.3 Å². The van der Waals surface area contributed by atoms with E-state index < -0.39 is 0 Å². The molecule has 2 aromatic heterocycles. The first-order chi connectivity index (χ1) is 11.2. The minimum atomic E-state index is -0.0252. The zero-order valence-corrected chi connectivity index (χ0v) is 13.8. The Kier molecular flexibility index (Phi) is 4.52. The number of carbonyl (C=O) groups excluding carboxylic acids is 1. The molecule has 1 aromatic carbocycles. The maximum atomic E-state index is 11.8. The van der Waals surface area contributed by atoms with Gasteiger partial charge < -0.3 is 10.1 Å². The molecule has 0 saturated carbocycles. The molecule has 1 amide bonds. The number of unbranched alkanes of at least 4 members (excludes halogenated alkanes) is 1. The molecule has 7 nitrogen and oxygen atoms in total. The summed E-state index contributed by atoms with van der Waals surface area (Å²) in [5.74, 6) is 1.38. The molecule has 0 unspecified atom stereocenters. The number of methoxy groups -OCH3 is 1. The zero-order valence-electron chi connectivity index (χ0n) is 12.9. The summed E-state index contributed by atoms with van der Waals surface area (Å²) in [6, 6.07) is 7.51. The number of rotatable bonds is 6. The van der Waals surface area contributed by atoms with E-state index in [2.05, 4.69) is 27.5 Å². The van der Waals surface area contributed by atoms with Crippen LogP contribution in [-0.2, 0) is 4.79 Å². The lowest BCUT2D eigenvalue weighted by Crippen LogP contribution is -2.11. The van der Waals surface area contributed by atoms with Crippen molar-refractivity contribution in [1.82, 2.24) is 19.8 Å². The second-order valence-corrected chi connectivity index (χ2v) is 5.96. The van der Waals surface area contributed by atoms with Gasteiger partial charge in [0.15, 0.2) is 5.82 Å². The van der Waals surface area contributed by atoms with Gasteiger partial charge in [0.05, 0.1) is 7.11 Å². The number of carbonyl (C=O) groups is 1. The van der Waals surface area contributed by atoms with Crippen LogP contribution in [0.4, 0.5) is 5.13 Å². The molecule has 3 rings (SSSR count). The number of anilines is 1. The monoisotopic (exact) mass is 331 g/mol. The Bertz CT molecular complexity index is 809. The Morgan fingerprint density at radius 1 is 1.30 bits per heavy atom. The van der Waals surface area contributed by atoms with E-state index in [1.54, 1.807) is 11.6 Å². The molecule has 0 atom stereocenters. The highest BCUT2D eigenvalue weighted by Crippen LogP contribution is 2.25. The van der Waals surface area contributed by atoms with E-state index in [4.69, 9.17) is 4.74 Å². The first-order valence-corrected chi connectivity index (χ1v) is 8.19. The maximum absolute atomic E-state index is 11.8. The van der Waals surface area contributed by atoms with Crippen LogP contribution in [0, 0.1) is 0 Å². The van der Waals surface area contributed by atoms with E-state index in [0.29, 0.717) is 22.3 Å². The highest BCUT2D eigenvalue weighted by Gasteiger charge is 2.14. The fourth-order valence-electron chi connectivity index (χ4n) is 2.11. The quantitative estimate of drug-likeness (QED) is 0.751. The fourth-order valence-corrected chi connectivity index (χ4v) is 2.86. The van der Waals surface area contributed by atoms with Gasteiger partial charge in [0.2, 0.25) is 16.0 Å². The van der Waals surface area contributed by atoms with Gasteiger partial charge in [0, 0.05) is 12.0 Å². The lowest BCUT2D eigenvalue weighted by Gasteiger charge is -2.01. The van der Waals surface area contributed by atoms with Crippen LogP contribution in [-0.4, -0.2) is 32.8 Å². The molecule has 0 fully saturated rings. The third kappa shape index (κ3) is 3.31. The minimum absolute atomic E-state index is 0.0252. The summed E-state index contributed by atoms with van der Waals surface area (Å²) in [5.41, 5.74) is 0.882. The van der Waals surface area contributed by atoms with Gasteiger partial charge in [0.1, 0.15) is 5.75 Å². The van der Waals surface area contributed by atoms with Gasteiger partial charge in [-0.3, -0.25) is 4.79 Å². The van der Waals surface area contributed by atoms with Crippen LogP contribution in [0.2, 0.25) is 0 Å². The van der Waals surface area contributed by atoms with Crippen molar-refractivity contribution in [2.45, 2.75) is 26.2 Å². The number of nitrogens with zero attached hydrogens (tertiary/aromatic N) is 4. The molecule has 120 valence electrons. The summed E-state index contributed by atoms with van der Waals surface area (Å²) >= 11 is 1.30. The summed E-state index contributed by atoms with van der Waals surface area (Å²) in [6.45, 7) is 2.05. The van der Waals surface area contributed by atoms with E-state index >= 15 is 0 Å². The summed E-state index contributed by atoms with van der Waals surface area (Å²) in [6.07, 6.45) is 2.36. The van der Waals surface area contributed by atoms with Gasteiger partial charge in [-0.15, -0.1) is 15.3 Å². The zero-order chi connectivity index (χ0) is 16.2. The molecular formula is C15H17N5O2S. The molecule has 0 bridgehead atoms. The number of nitrogens with one attached hydrogen (secondary N) is 1. The molecular weight excluding hydrogens is 314 g/mol. The molecule has 8 heteroatoms. The van der Waals surface area contributed by atoms with Crippen molar-refractivity contribution in [1.29, 1.82) is 0 Å². The molecule has 2 heterocycles. The second-order valence-electron chi connectivity index (χ2n) is 5.01. The number of benzene rings is 1. The van der Waals surface area contributed by atoms with Crippen molar-refractivity contribution < 1.29 is 9.53 Å². The van der Waals surface area contributed by atoms with Gasteiger partial charge >= 0.3 is 0 Å². The number of aromatic nitrogens is 4. The summed E-state index contributed by atoms with van der Waals surface area (Å²) in [4.78, 5) is 12.4. The van der Waals surface area contributed by atoms with Crippen LogP contribution < -0.4 is 10.1 Å². The predicted octanol–water partition coefficient (Wildman–Crippen LogP) is 2.99. The maximum Gasteiger partial charge on any atom is 0.236 e. The molecule has 3 aromatic rings. The van der Waals surface area contributed by atoms with E-state index in [9.17, 15) is 4.79 Å². The number of amides is 1. The number of hydrogen-bond acceptors (Lipinski definition) is 6. The van der Waals surface area contributed by atoms with Gasteiger partial charge in [-0.1, -0.05) is 24.7 Å². The third-order valence-electron chi connectivity index (χ3n) is 3.34. The largest absolute Gasteiger partial charge is 0.497 e. The topological polar surface area (TPSA) is 81.4 Å². The number of ether oxygens (including phenoxy) is 1. The summed E-state index contributed by atoms with van der Waals surface area (Å²) in [5, 5.41) is 16.0. The van der Waals surface area contributed by atoms with Crippen molar-refractivity contribution in [3.05, 3.63) is 24.3 Å². The average molecular weight is 331 g/mol. The number of hydrogen-bond donors (Lipinski definition) is 1. The summed E-state index contributed by atoms with van der Waals surface area (Å²) < 4.78 is 6.79. The van der Waals surface area contributed by atoms with E-state index in [1.165, 1.54) is 11.3 Å². The molecule has 23 heavy (non-hydrogen) atoms. The SMILES string of the molecule is CCCCC(=O)Nc1nn2c(-c3ccc(OC)cc3)nnc2s1. The minimum Gasteiger partial charge on any atom is -0.497 e. The first kappa shape index (κ1) is 15.4. The smallest absolute Gasteiger partial charge is 0.236 e. The lowest BCUT2D eigenvalue weighted by molar-refractivity contribution is -0.116. The van der Waals surface area contributed by atoms with Crippen LogP contribution in [0.15, 0.2) is 24.3 Å². The average Bonchev–Trinajstić information content (AvgIpc) is 3.13. The van der Waals surface area contributed by atoms with Crippen molar-refractivity contribution in [2.24, 2.45) is 0 Å². The van der Waals surface area contributed by atoms with Crippen molar-refractivity contribution in [3.63, 3.8) is 0 Å². The van der Waals surface area contributed by atoms with Gasteiger partial charge in [-0.05, 0) is 30.7 Å². The lowest BCUT2D eigenvalue weighted by atomic mass is 10.2. The highest BCUT2D eigenvalue weighted by molar-refractivity contribution is 7.20. The normalized spacial score (nSPS) is 10.9. The Balaban J connectivity index is 1.83. The van der Waals surface area contributed by atoms with E-state index in [0.717, 1.165) is 24.2 Å². The van der Waals surface area contributed by atoms with Gasteiger partial charge in [0.25, 0.3) is 0 Å². The Hall–Kier alpha value is -2.48. The third-order valence-corrected chi connectivity index (χ3v) is 4.16. The first-order valence-electron chi connectivity index (χ1n) is 7.37.